The van der Waals surface area contributed by atoms with E-state index in [2.05, 4.69) is 63.8 Å². The summed E-state index contributed by atoms with van der Waals surface area (Å²) in [6.07, 6.45) is 2.59. The molecule has 6 rings (SSSR count). The van der Waals surface area contributed by atoms with Crippen LogP contribution < -0.4 is 10.3 Å². The summed E-state index contributed by atoms with van der Waals surface area (Å²) in [6, 6.07) is 34.5. The van der Waals surface area contributed by atoms with E-state index >= 15 is 0 Å². The van der Waals surface area contributed by atoms with Crippen LogP contribution in [-0.2, 0) is 0 Å². The number of fused-ring (bicyclic) bond motifs is 1. The first-order chi connectivity index (χ1) is 17.6. The molecule has 0 aliphatic carbocycles. The van der Waals surface area contributed by atoms with E-state index in [1.165, 1.54) is 5.56 Å². The van der Waals surface area contributed by atoms with Gasteiger partial charge < -0.3 is 5.32 Å². The van der Waals surface area contributed by atoms with Crippen molar-refractivity contribution in [3.63, 3.8) is 0 Å². The third-order valence-corrected chi connectivity index (χ3v) is 6.85. The third-order valence-electron chi connectivity index (χ3n) is 6.36. The minimum Gasteiger partial charge on any atom is -0.355 e. The maximum Gasteiger partial charge on any atom is 0.0832 e. The van der Waals surface area contributed by atoms with Gasteiger partial charge in [-0.15, -0.1) is 0 Å². The highest BCUT2D eigenvalue weighted by atomic mass is 35.5. The number of nitrogens with one attached hydrogen (secondary N) is 1. The van der Waals surface area contributed by atoms with Crippen molar-refractivity contribution in [3.05, 3.63) is 130 Å². The average molecular weight is 509 g/mol. The molecule has 0 radical (unpaired) electrons. The van der Waals surface area contributed by atoms with Crippen LogP contribution in [0.1, 0.15) is 23.6 Å². The van der Waals surface area contributed by atoms with Crippen molar-refractivity contribution in [3.8, 4) is 0 Å². The predicted octanol–water partition coefficient (Wildman–Crippen LogP) is 8.64. The number of pyridine rings is 1. The molecule has 1 N–H and O–H groups in total. The summed E-state index contributed by atoms with van der Waals surface area (Å²) in [5, 5.41) is 13.1. The van der Waals surface area contributed by atoms with Crippen LogP contribution in [-0.4, -0.2) is 10.7 Å². The standard InChI is InChI=1S/C30H22Cl2N4/c31-22-9-12-25(13-10-22)36-30(19-28(35-36)20-5-2-1-3-6-20)21-7-4-8-24(17-21)34-27-15-16-33-29-18-23(32)11-14-26(27)29/h1-18,30H,19H2,(H,33,34). The first-order valence-electron chi connectivity index (χ1n) is 11.7. The summed E-state index contributed by atoms with van der Waals surface area (Å²) in [5.41, 5.74) is 7.21. The van der Waals surface area contributed by atoms with Gasteiger partial charge in [-0.3, -0.25) is 9.99 Å². The summed E-state index contributed by atoms with van der Waals surface area (Å²) in [4.78, 5) is 4.46. The summed E-state index contributed by atoms with van der Waals surface area (Å²) in [7, 11) is 0. The van der Waals surface area contributed by atoms with E-state index in [0.717, 1.165) is 45.7 Å². The van der Waals surface area contributed by atoms with Crippen LogP contribution in [0.25, 0.3) is 10.9 Å². The number of hydrogen-bond donors (Lipinski definition) is 1. The van der Waals surface area contributed by atoms with Crippen LogP contribution >= 0.6 is 23.2 Å². The van der Waals surface area contributed by atoms with Crippen LogP contribution in [0.4, 0.5) is 17.1 Å². The zero-order chi connectivity index (χ0) is 24.5. The van der Waals surface area contributed by atoms with Crippen molar-refractivity contribution in [2.75, 3.05) is 10.3 Å². The van der Waals surface area contributed by atoms with Crippen molar-refractivity contribution >= 4 is 56.9 Å². The Morgan fingerprint density at radius 3 is 2.42 bits per heavy atom. The first kappa shape index (κ1) is 22.6. The summed E-state index contributed by atoms with van der Waals surface area (Å²) in [6.45, 7) is 0. The average Bonchev–Trinajstić information content (AvgIpc) is 3.35. The largest absolute Gasteiger partial charge is 0.355 e. The van der Waals surface area contributed by atoms with E-state index in [-0.39, 0.29) is 6.04 Å². The van der Waals surface area contributed by atoms with Gasteiger partial charge in [-0.05, 0) is 71.8 Å². The molecule has 1 aliphatic rings. The summed E-state index contributed by atoms with van der Waals surface area (Å²) < 4.78 is 0. The van der Waals surface area contributed by atoms with Gasteiger partial charge in [-0.25, -0.2) is 0 Å². The van der Waals surface area contributed by atoms with E-state index < -0.39 is 0 Å². The fraction of sp³-hybridized carbons (Fsp3) is 0.0667. The number of halogens is 2. The lowest BCUT2D eigenvalue weighted by molar-refractivity contribution is 0.709. The number of aromatic nitrogens is 1. The monoisotopic (exact) mass is 508 g/mol. The number of anilines is 3. The van der Waals surface area contributed by atoms with Crippen molar-refractivity contribution in [2.45, 2.75) is 12.5 Å². The molecule has 1 atom stereocenters. The van der Waals surface area contributed by atoms with Crippen LogP contribution in [0.5, 0.6) is 0 Å². The lowest BCUT2D eigenvalue weighted by Gasteiger charge is -2.24. The highest BCUT2D eigenvalue weighted by Gasteiger charge is 2.30. The molecule has 0 saturated carbocycles. The van der Waals surface area contributed by atoms with E-state index in [1.54, 1.807) is 6.20 Å². The number of benzene rings is 4. The molecule has 4 aromatic carbocycles. The van der Waals surface area contributed by atoms with Gasteiger partial charge in [-0.1, -0.05) is 65.7 Å². The van der Waals surface area contributed by atoms with E-state index in [0.29, 0.717) is 10.0 Å². The normalized spacial score (nSPS) is 15.2. The second-order valence-corrected chi connectivity index (χ2v) is 9.60. The molecule has 1 aliphatic heterocycles. The molecule has 1 unspecified atom stereocenters. The number of nitrogens with zero attached hydrogens (tertiary/aromatic N) is 3. The Morgan fingerprint density at radius 1 is 0.778 bits per heavy atom. The zero-order valence-electron chi connectivity index (χ0n) is 19.3. The second kappa shape index (κ2) is 9.65. The predicted molar refractivity (Wildman–Crippen MR) is 151 cm³/mol. The van der Waals surface area contributed by atoms with Gasteiger partial charge in [0.25, 0.3) is 0 Å². The van der Waals surface area contributed by atoms with Gasteiger partial charge in [0, 0.05) is 39.4 Å². The molecular formula is C30H22Cl2N4. The zero-order valence-corrected chi connectivity index (χ0v) is 20.8. The lowest BCUT2D eigenvalue weighted by Crippen LogP contribution is -2.18. The van der Waals surface area contributed by atoms with Crippen LogP contribution in [0.2, 0.25) is 10.0 Å². The maximum absolute atomic E-state index is 6.17. The SMILES string of the molecule is Clc1ccc(N2N=C(c3ccccc3)CC2c2cccc(Nc3ccnc4cc(Cl)ccc34)c2)cc1. The molecule has 36 heavy (non-hydrogen) atoms. The second-order valence-electron chi connectivity index (χ2n) is 8.72. The molecule has 4 nitrogen and oxygen atoms in total. The summed E-state index contributed by atoms with van der Waals surface area (Å²) >= 11 is 12.3. The molecule has 0 bridgehead atoms. The van der Waals surface area contributed by atoms with Crippen molar-refractivity contribution < 1.29 is 0 Å². The summed E-state index contributed by atoms with van der Waals surface area (Å²) in [5.74, 6) is 0. The third kappa shape index (κ3) is 4.53. The van der Waals surface area contributed by atoms with Gasteiger partial charge in [0.2, 0.25) is 0 Å². The molecule has 5 aromatic rings. The molecule has 0 spiro atoms. The molecule has 176 valence electrons. The fourth-order valence-corrected chi connectivity index (χ4v) is 4.91. The van der Waals surface area contributed by atoms with E-state index in [1.807, 2.05) is 54.6 Å². The van der Waals surface area contributed by atoms with Crippen molar-refractivity contribution in [1.82, 2.24) is 4.98 Å². The van der Waals surface area contributed by atoms with Gasteiger partial charge in [0.15, 0.2) is 0 Å². The van der Waals surface area contributed by atoms with Crippen LogP contribution in [0.3, 0.4) is 0 Å². The molecule has 0 fully saturated rings. The Kier molecular flexibility index (Phi) is 6.06. The topological polar surface area (TPSA) is 40.5 Å². The molecular weight excluding hydrogens is 487 g/mol. The lowest BCUT2D eigenvalue weighted by atomic mass is 9.97. The van der Waals surface area contributed by atoms with Crippen LogP contribution in [0, 0.1) is 0 Å². The Hall–Kier alpha value is -3.86. The van der Waals surface area contributed by atoms with Crippen molar-refractivity contribution in [2.24, 2.45) is 5.10 Å². The smallest absolute Gasteiger partial charge is 0.0832 e. The van der Waals surface area contributed by atoms with Crippen LogP contribution in [0.15, 0.2) is 114 Å². The number of hydrogen-bond acceptors (Lipinski definition) is 4. The number of hydrazone groups is 1. The van der Waals surface area contributed by atoms with Crippen molar-refractivity contribution in [1.29, 1.82) is 0 Å². The van der Waals surface area contributed by atoms with E-state index in [4.69, 9.17) is 28.3 Å². The highest BCUT2D eigenvalue weighted by molar-refractivity contribution is 6.31. The Morgan fingerprint density at radius 2 is 1.58 bits per heavy atom. The van der Waals surface area contributed by atoms with Gasteiger partial charge in [0.05, 0.1) is 23.0 Å². The molecule has 0 saturated heterocycles. The molecule has 0 amide bonds. The van der Waals surface area contributed by atoms with Gasteiger partial charge in [-0.2, -0.15) is 5.10 Å². The Labute approximate surface area is 219 Å². The minimum absolute atomic E-state index is 0.0520. The maximum atomic E-state index is 6.17. The van der Waals surface area contributed by atoms with Gasteiger partial charge >= 0.3 is 0 Å². The highest BCUT2D eigenvalue weighted by Crippen LogP contribution is 2.38. The Balaban J connectivity index is 1.35. The quantitative estimate of drug-likeness (QED) is 0.258. The molecule has 6 heteroatoms. The molecule has 2 heterocycles. The minimum atomic E-state index is 0.0520. The Bertz CT molecular complexity index is 1570. The van der Waals surface area contributed by atoms with Gasteiger partial charge in [0.1, 0.15) is 0 Å². The fourth-order valence-electron chi connectivity index (χ4n) is 4.62. The number of rotatable bonds is 5. The van der Waals surface area contributed by atoms with E-state index in [9.17, 15) is 0 Å². The first-order valence-corrected chi connectivity index (χ1v) is 12.5. The molecule has 1 aromatic heterocycles.